The summed E-state index contributed by atoms with van der Waals surface area (Å²) in [5.74, 6) is -2.52. The molecule has 1 aliphatic carbocycles. The molecule has 90 valence electrons. The topological polar surface area (TPSA) is 43.8 Å². The van der Waals surface area contributed by atoms with Crippen LogP contribution in [0.2, 0.25) is 0 Å². The van der Waals surface area contributed by atoms with Gasteiger partial charge in [0.05, 0.1) is 0 Å². The fraction of sp³-hybridized carbons (Fsp3) is 0.727. The van der Waals surface area contributed by atoms with Crippen molar-refractivity contribution in [1.29, 1.82) is 0 Å². The van der Waals surface area contributed by atoms with Crippen molar-refractivity contribution < 1.29 is 8.78 Å². The second-order valence-electron chi connectivity index (χ2n) is 4.68. The molecule has 0 amide bonds. The van der Waals surface area contributed by atoms with Crippen molar-refractivity contribution in [3.63, 3.8) is 0 Å². The fourth-order valence-electron chi connectivity index (χ4n) is 2.55. The van der Waals surface area contributed by atoms with Gasteiger partial charge in [-0.3, -0.25) is 4.68 Å². The van der Waals surface area contributed by atoms with Gasteiger partial charge < -0.3 is 5.73 Å². The Kier molecular flexibility index (Phi) is 2.74. The van der Waals surface area contributed by atoms with E-state index in [-0.39, 0.29) is 18.3 Å². The lowest BCUT2D eigenvalue weighted by Crippen LogP contribution is -2.43. The van der Waals surface area contributed by atoms with E-state index in [9.17, 15) is 8.78 Å². The molecule has 2 rings (SSSR count). The molecule has 16 heavy (non-hydrogen) atoms. The van der Waals surface area contributed by atoms with Gasteiger partial charge in [0.15, 0.2) is 0 Å². The summed E-state index contributed by atoms with van der Waals surface area (Å²) in [6, 6.07) is 1.89. The third kappa shape index (κ3) is 1.84. The Balaban J connectivity index is 2.26. The van der Waals surface area contributed by atoms with E-state index >= 15 is 0 Å². The Hall–Kier alpha value is -0.970. The number of halogens is 2. The second kappa shape index (κ2) is 3.80. The van der Waals surface area contributed by atoms with E-state index in [1.54, 1.807) is 10.9 Å². The normalized spacial score (nSPS) is 23.2. The molecule has 0 spiro atoms. The summed E-state index contributed by atoms with van der Waals surface area (Å²) in [6.07, 6.45) is 2.43. The molecule has 0 bridgehead atoms. The molecular formula is C11H17F2N3. The highest BCUT2D eigenvalue weighted by Crippen LogP contribution is 2.44. The van der Waals surface area contributed by atoms with Gasteiger partial charge in [-0.05, 0) is 18.9 Å². The molecule has 2 N–H and O–H groups in total. The third-order valence-electron chi connectivity index (χ3n) is 3.69. The molecule has 5 heteroatoms. The lowest BCUT2D eigenvalue weighted by Gasteiger charge is -2.39. The maximum Gasteiger partial charge on any atom is 0.248 e. The van der Waals surface area contributed by atoms with Gasteiger partial charge in [-0.1, -0.05) is 0 Å². The van der Waals surface area contributed by atoms with Crippen molar-refractivity contribution in [1.82, 2.24) is 9.78 Å². The van der Waals surface area contributed by atoms with Crippen LogP contribution in [0.4, 0.5) is 8.78 Å². The van der Waals surface area contributed by atoms with Crippen LogP contribution in [0, 0.1) is 0 Å². The predicted molar refractivity (Wildman–Crippen MR) is 57.4 cm³/mol. The van der Waals surface area contributed by atoms with Crippen LogP contribution >= 0.6 is 0 Å². The molecule has 0 unspecified atom stereocenters. The van der Waals surface area contributed by atoms with Gasteiger partial charge in [0.2, 0.25) is 5.92 Å². The first-order valence-corrected chi connectivity index (χ1v) is 5.56. The minimum atomic E-state index is -2.52. The van der Waals surface area contributed by atoms with Crippen molar-refractivity contribution in [2.24, 2.45) is 12.8 Å². The molecule has 0 atom stereocenters. The van der Waals surface area contributed by atoms with E-state index in [2.05, 4.69) is 5.10 Å². The Morgan fingerprint density at radius 1 is 1.38 bits per heavy atom. The molecule has 0 radical (unpaired) electrons. The predicted octanol–water partition coefficient (Wildman–Crippen LogP) is 1.83. The smallest absolute Gasteiger partial charge is 0.248 e. The van der Waals surface area contributed by atoms with Crippen molar-refractivity contribution in [2.45, 2.75) is 37.0 Å². The van der Waals surface area contributed by atoms with Crippen molar-refractivity contribution in [2.75, 3.05) is 6.54 Å². The van der Waals surface area contributed by atoms with Gasteiger partial charge in [-0.2, -0.15) is 5.10 Å². The number of alkyl halides is 2. The van der Waals surface area contributed by atoms with Crippen LogP contribution < -0.4 is 5.73 Å². The second-order valence-corrected chi connectivity index (χ2v) is 4.68. The highest BCUT2D eigenvalue weighted by Gasteiger charge is 2.44. The standard InChI is InChI=1S/C11H17F2N3/c1-16-9(2-7-15-16)10(8-14)3-5-11(12,13)6-4-10/h2,7H,3-6,8,14H2,1H3. The number of hydrogen-bond acceptors (Lipinski definition) is 2. The molecule has 1 saturated carbocycles. The molecule has 0 aromatic carbocycles. The van der Waals surface area contributed by atoms with Crippen LogP contribution in [0.5, 0.6) is 0 Å². The summed E-state index contributed by atoms with van der Waals surface area (Å²) in [5.41, 5.74) is 6.47. The SMILES string of the molecule is Cn1nccc1C1(CN)CCC(F)(F)CC1. The first-order chi connectivity index (χ1) is 7.49. The summed E-state index contributed by atoms with van der Waals surface area (Å²) < 4.78 is 28.1. The summed E-state index contributed by atoms with van der Waals surface area (Å²) in [6.45, 7) is 0.405. The number of hydrogen-bond donors (Lipinski definition) is 1. The molecular weight excluding hydrogens is 212 g/mol. The third-order valence-corrected chi connectivity index (χ3v) is 3.69. The average molecular weight is 229 g/mol. The van der Waals surface area contributed by atoms with Crippen LogP contribution in [0.1, 0.15) is 31.4 Å². The van der Waals surface area contributed by atoms with E-state index in [1.807, 2.05) is 13.1 Å². The van der Waals surface area contributed by atoms with Gasteiger partial charge in [-0.25, -0.2) is 8.78 Å². The van der Waals surface area contributed by atoms with Gasteiger partial charge in [0, 0.05) is 43.7 Å². The van der Waals surface area contributed by atoms with Gasteiger partial charge >= 0.3 is 0 Å². The summed E-state index contributed by atoms with van der Waals surface area (Å²) >= 11 is 0. The Bertz CT molecular complexity index is 363. The van der Waals surface area contributed by atoms with Gasteiger partial charge in [-0.15, -0.1) is 0 Å². The van der Waals surface area contributed by atoms with Crippen molar-refractivity contribution in [3.05, 3.63) is 18.0 Å². The van der Waals surface area contributed by atoms with E-state index in [0.717, 1.165) is 5.69 Å². The highest BCUT2D eigenvalue weighted by molar-refractivity contribution is 5.19. The van der Waals surface area contributed by atoms with Gasteiger partial charge in [0.25, 0.3) is 0 Å². The zero-order chi connectivity index (χ0) is 11.8. The number of nitrogens with zero attached hydrogens (tertiary/aromatic N) is 2. The van der Waals surface area contributed by atoms with Crippen LogP contribution in [0.25, 0.3) is 0 Å². The summed E-state index contributed by atoms with van der Waals surface area (Å²) in [4.78, 5) is 0. The van der Waals surface area contributed by atoms with Crippen LogP contribution in [0.3, 0.4) is 0 Å². The molecule has 3 nitrogen and oxygen atoms in total. The summed E-state index contributed by atoms with van der Waals surface area (Å²) in [5, 5.41) is 4.09. The number of aromatic nitrogens is 2. The molecule has 0 aliphatic heterocycles. The fourth-order valence-corrected chi connectivity index (χ4v) is 2.55. The zero-order valence-electron chi connectivity index (χ0n) is 9.42. The number of rotatable bonds is 2. The quantitative estimate of drug-likeness (QED) is 0.840. The van der Waals surface area contributed by atoms with Crippen molar-refractivity contribution in [3.8, 4) is 0 Å². The summed E-state index contributed by atoms with van der Waals surface area (Å²) in [7, 11) is 1.83. The molecule has 1 heterocycles. The average Bonchev–Trinajstić information content (AvgIpc) is 2.66. The minimum absolute atomic E-state index is 0.0740. The first-order valence-electron chi connectivity index (χ1n) is 5.56. The molecule has 1 fully saturated rings. The lowest BCUT2D eigenvalue weighted by atomic mass is 9.70. The van der Waals surface area contributed by atoms with Crippen LogP contribution in [0.15, 0.2) is 12.3 Å². The first kappa shape index (κ1) is 11.5. The molecule has 1 aliphatic rings. The Morgan fingerprint density at radius 3 is 2.44 bits per heavy atom. The lowest BCUT2D eigenvalue weighted by molar-refractivity contribution is -0.0518. The van der Waals surface area contributed by atoms with Crippen LogP contribution in [-0.4, -0.2) is 22.2 Å². The number of aryl methyl sites for hydroxylation is 1. The maximum atomic E-state index is 13.2. The highest BCUT2D eigenvalue weighted by atomic mass is 19.3. The van der Waals surface area contributed by atoms with Crippen molar-refractivity contribution >= 4 is 0 Å². The monoisotopic (exact) mass is 229 g/mol. The zero-order valence-corrected chi connectivity index (χ0v) is 9.42. The molecule has 1 aromatic rings. The number of nitrogens with two attached hydrogens (primary N) is 1. The Labute approximate surface area is 93.6 Å². The van der Waals surface area contributed by atoms with E-state index in [0.29, 0.717) is 19.4 Å². The van der Waals surface area contributed by atoms with Gasteiger partial charge in [0.1, 0.15) is 0 Å². The molecule has 1 aromatic heterocycles. The maximum absolute atomic E-state index is 13.2. The minimum Gasteiger partial charge on any atom is -0.330 e. The van der Waals surface area contributed by atoms with Crippen LogP contribution in [-0.2, 0) is 12.5 Å². The van der Waals surface area contributed by atoms with E-state index < -0.39 is 5.92 Å². The molecule has 0 saturated heterocycles. The van der Waals surface area contributed by atoms with E-state index in [4.69, 9.17) is 5.73 Å². The van der Waals surface area contributed by atoms with E-state index in [1.165, 1.54) is 0 Å². The Morgan fingerprint density at radius 2 is 2.00 bits per heavy atom. The largest absolute Gasteiger partial charge is 0.330 e.